The molecule has 0 rings (SSSR count). The van der Waals surface area contributed by atoms with Crippen LogP contribution in [0.2, 0.25) is 0 Å². The summed E-state index contributed by atoms with van der Waals surface area (Å²) in [5, 5.41) is 0. The first-order chi connectivity index (χ1) is 0. The van der Waals surface area contributed by atoms with Gasteiger partial charge in [-0.2, -0.15) is 0 Å². The summed E-state index contributed by atoms with van der Waals surface area (Å²) < 4.78 is 0. The predicted molar refractivity (Wildman–Crippen MR) is 0.686 cm³/mol. The SMILES string of the molecule is [Fe+2].[Mn+2].[Na+].[Ni+2].[O-2].[Zn+2]. The predicted octanol–water partition coefficient (Wildman–Crippen LogP) is -3.12. The van der Waals surface area contributed by atoms with Crippen molar-refractivity contribution in [2.75, 3.05) is 0 Å². The second kappa shape index (κ2) is 42.3. The van der Waals surface area contributed by atoms with Crippen molar-refractivity contribution in [1.82, 2.24) is 0 Å². The molecule has 0 aliphatic rings. The molecule has 0 aliphatic carbocycles. The summed E-state index contributed by atoms with van der Waals surface area (Å²) in [4.78, 5) is 0. The summed E-state index contributed by atoms with van der Waals surface area (Å²) >= 11 is 0. The molecule has 0 saturated heterocycles. The van der Waals surface area contributed by atoms with Crippen molar-refractivity contribution in [1.29, 1.82) is 0 Å². The van der Waals surface area contributed by atoms with Gasteiger partial charge in [0, 0.05) is 0 Å². The summed E-state index contributed by atoms with van der Waals surface area (Å²) in [5.74, 6) is 0. The molecule has 1 radical (unpaired) electrons. The van der Waals surface area contributed by atoms with Gasteiger partial charge in [0.05, 0.1) is 0 Å². The maximum absolute atomic E-state index is 0. The normalized spacial score (nSPS) is 0. The van der Waals surface area contributed by atoms with Gasteiger partial charge in [-0.3, -0.25) is 0 Å². The molecule has 0 heterocycles. The molecule has 0 saturated carbocycles. The fourth-order valence-corrected chi connectivity index (χ4v) is 0. The molecule has 0 spiro atoms. The maximum atomic E-state index is 0. The molecule has 6 heteroatoms. The topological polar surface area (TPSA) is 28.5 Å². The summed E-state index contributed by atoms with van der Waals surface area (Å²) in [5.41, 5.74) is 0. The Labute approximate surface area is 103 Å². The average molecular weight is 274 g/mol. The van der Waals surface area contributed by atoms with E-state index in [2.05, 4.69) is 0 Å². The first-order valence-electron chi connectivity index (χ1n) is 0. The fourth-order valence-electron chi connectivity index (χ4n) is 0. The first-order valence-corrected chi connectivity index (χ1v) is 0. The van der Waals surface area contributed by atoms with Gasteiger partial charge in [-0.1, -0.05) is 0 Å². The van der Waals surface area contributed by atoms with Crippen LogP contribution in [0.5, 0.6) is 0 Å². The monoisotopic (exact) mass is 272 g/mol. The van der Waals surface area contributed by atoms with Crippen molar-refractivity contribution in [2.45, 2.75) is 0 Å². The van der Waals surface area contributed by atoms with Crippen LogP contribution in [0.1, 0.15) is 0 Å². The van der Waals surface area contributed by atoms with Crippen molar-refractivity contribution >= 4 is 0 Å². The molecule has 6 heavy (non-hydrogen) atoms. The van der Waals surface area contributed by atoms with Crippen LogP contribution in [0.3, 0.4) is 0 Å². The van der Waals surface area contributed by atoms with E-state index in [-0.39, 0.29) is 105 Å². The minimum Gasteiger partial charge on any atom is -2.00 e. The van der Waals surface area contributed by atoms with Crippen LogP contribution >= 0.6 is 0 Å². The van der Waals surface area contributed by atoms with Gasteiger partial charge in [0.15, 0.2) is 0 Å². The first kappa shape index (κ1) is 61.8. The molecule has 0 aromatic rings. The molecule has 0 aromatic heterocycles. The van der Waals surface area contributed by atoms with Crippen LogP contribution in [0.15, 0.2) is 0 Å². The largest absolute Gasteiger partial charge is 2.00 e. The van der Waals surface area contributed by atoms with E-state index < -0.39 is 0 Å². The average Bonchev–Trinajstić information content (AvgIpc) is 0. The maximum Gasteiger partial charge on any atom is 2.00 e. The van der Waals surface area contributed by atoms with Crippen LogP contribution < -0.4 is 29.6 Å². The van der Waals surface area contributed by atoms with Gasteiger partial charge in [-0.15, -0.1) is 0 Å². The van der Waals surface area contributed by atoms with Crippen molar-refractivity contribution in [3.63, 3.8) is 0 Å². The molecule has 0 atom stereocenters. The molecule has 27 valence electrons. The summed E-state index contributed by atoms with van der Waals surface area (Å²) in [6.07, 6.45) is 0. The fraction of sp³-hybridized carbons (Fsp3) is 0. The van der Waals surface area contributed by atoms with E-state index in [0.29, 0.717) is 0 Å². The molecule has 0 unspecified atom stereocenters. The molecule has 0 fully saturated rings. The van der Waals surface area contributed by atoms with Gasteiger partial charge in [0.25, 0.3) is 0 Å². The Hall–Kier alpha value is 3.12. The van der Waals surface area contributed by atoms with E-state index in [1.807, 2.05) is 0 Å². The Morgan fingerprint density at radius 1 is 1.00 bits per heavy atom. The standard InChI is InChI=1S/Fe.Mn.Na.Ni.O.Zn/q2*+2;+1;+2;-2;+2. The molecule has 1 nitrogen and oxygen atoms in total. The molecule has 0 bridgehead atoms. The van der Waals surface area contributed by atoms with E-state index >= 15 is 0 Å². The zero-order valence-corrected chi connectivity index (χ0v) is 11.4. The number of hydrogen-bond acceptors (Lipinski definition) is 0. The van der Waals surface area contributed by atoms with Crippen LogP contribution in [-0.2, 0) is 75.6 Å². The van der Waals surface area contributed by atoms with E-state index in [0.717, 1.165) is 0 Å². The van der Waals surface area contributed by atoms with Crippen molar-refractivity contribution in [3.8, 4) is 0 Å². The van der Waals surface area contributed by atoms with Crippen LogP contribution in [0.4, 0.5) is 0 Å². The summed E-state index contributed by atoms with van der Waals surface area (Å²) in [6.45, 7) is 0. The van der Waals surface area contributed by atoms with Gasteiger partial charge >= 0.3 is 99.7 Å². The third-order valence-corrected chi connectivity index (χ3v) is 0. The second-order valence-electron chi connectivity index (χ2n) is 0. The van der Waals surface area contributed by atoms with Gasteiger partial charge in [0.1, 0.15) is 0 Å². The quantitative estimate of drug-likeness (QED) is 0.418. The number of rotatable bonds is 0. The van der Waals surface area contributed by atoms with Crippen molar-refractivity contribution < 1.29 is 105 Å². The Morgan fingerprint density at radius 3 is 1.00 bits per heavy atom. The number of hydrogen-bond donors (Lipinski definition) is 0. The third kappa shape index (κ3) is 27.4. The van der Waals surface area contributed by atoms with E-state index in [4.69, 9.17) is 0 Å². The van der Waals surface area contributed by atoms with Gasteiger partial charge in [-0.25, -0.2) is 0 Å². The van der Waals surface area contributed by atoms with Crippen molar-refractivity contribution in [3.05, 3.63) is 0 Å². The van der Waals surface area contributed by atoms with Crippen molar-refractivity contribution in [2.24, 2.45) is 0 Å². The van der Waals surface area contributed by atoms with Gasteiger partial charge < -0.3 is 5.48 Å². The van der Waals surface area contributed by atoms with E-state index in [1.54, 1.807) is 0 Å². The zero-order chi connectivity index (χ0) is 0. The van der Waals surface area contributed by atoms with Crippen LogP contribution in [0, 0.1) is 0 Å². The molecule has 0 amide bonds. The minimum atomic E-state index is 0. The molecule has 0 aromatic carbocycles. The third-order valence-electron chi connectivity index (χ3n) is 0. The van der Waals surface area contributed by atoms with Gasteiger partial charge in [-0.05, 0) is 0 Å². The smallest absolute Gasteiger partial charge is 2.00 e. The Kier molecular flexibility index (Phi) is 436. The van der Waals surface area contributed by atoms with Crippen LogP contribution in [-0.4, -0.2) is 0 Å². The molecule has 0 N–H and O–H groups in total. The Bertz CT molecular complexity index is 15.5. The summed E-state index contributed by atoms with van der Waals surface area (Å²) in [7, 11) is 0. The minimum absolute atomic E-state index is 0. The Balaban J connectivity index is 0. The molecular formula is FeMnNaNiOZn+7. The second-order valence-corrected chi connectivity index (χ2v) is 0. The molecule has 0 aliphatic heterocycles. The van der Waals surface area contributed by atoms with Crippen LogP contribution in [0.25, 0.3) is 0 Å². The molecular weight excluding hydrogens is 274 g/mol. The Morgan fingerprint density at radius 2 is 1.00 bits per heavy atom. The summed E-state index contributed by atoms with van der Waals surface area (Å²) in [6, 6.07) is 0. The van der Waals surface area contributed by atoms with E-state index in [9.17, 15) is 0 Å². The van der Waals surface area contributed by atoms with E-state index in [1.165, 1.54) is 0 Å². The van der Waals surface area contributed by atoms with Gasteiger partial charge in [0.2, 0.25) is 0 Å². The zero-order valence-electron chi connectivity index (χ0n) is 3.16.